The van der Waals surface area contributed by atoms with E-state index in [1.165, 1.54) is 11.1 Å². The van der Waals surface area contributed by atoms with Crippen molar-refractivity contribution in [2.75, 3.05) is 0 Å². The summed E-state index contributed by atoms with van der Waals surface area (Å²) < 4.78 is 5.82. The second-order valence-electron chi connectivity index (χ2n) is 4.56. The first-order valence-corrected chi connectivity index (χ1v) is 7.05. The molecule has 0 amide bonds. The third-order valence-corrected chi connectivity index (χ3v) is 3.80. The first kappa shape index (κ1) is 14.2. The second kappa shape index (κ2) is 6.31. The fourth-order valence-corrected chi connectivity index (χ4v) is 2.43. The van der Waals surface area contributed by atoms with Crippen LogP contribution in [0.2, 0.25) is 5.02 Å². The topological polar surface area (TPSA) is 9.23 Å². The molecule has 100 valence electrons. The lowest BCUT2D eigenvalue weighted by Crippen LogP contribution is -1.99. The molecule has 0 unspecified atom stereocenters. The Kier molecular flexibility index (Phi) is 4.73. The zero-order valence-corrected chi connectivity index (χ0v) is 12.6. The molecule has 0 aromatic heterocycles. The van der Waals surface area contributed by atoms with Crippen molar-refractivity contribution in [3.8, 4) is 5.75 Å². The van der Waals surface area contributed by atoms with Gasteiger partial charge in [-0.05, 0) is 42.7 Å². The first-order valence-electron chi connectivity index (χ1n) is 6.14. The van der Waals surface area contributed by atoms with Crippen LogP contribution in [0.25, 0.3) is 0 Å². The molecule has 0 aliphatic carbocycles. The Balaban J connectivity index is 2.14. The lowest BCUT2D eigenvalue weighted by atomic mass is 10.1. The minimum absolute atomic E-state index is 0.349. The Bertz CT molecular complexity index is 579. The third-order valence-electron chi connectivity index (χ3n) is 3.18. The average Bonchev–Trinajstić information content (AvgIpc) is 2.40. The summed E-state index contributed by atoms with van der Waals surface area (Å²) in [6, 6.07) is 11.9. The molecule has 0 radical (unpaired) electrons. The fourth-order valence-electron chi connectivity index (χ4n) is 1.86. The lowest BCUT2D eigenvalue weighted by Gasteiger charge is -2.12. The first-order chi connectivity index (χ1) is 9.11. The molecular weight excluding hydrogens is 279 g/mol. The molecule has 19 heavy (non-hydrogen) atoms. The molecule has 0 aliphatic heterocycles. The Morgan fingerprint density at radius 2 is 1.84 bits per heavy atom. The zero-order chi connectivity index (χ0) is 13.8. The van der Waals surface area contributed by atoms with Crippen LogP contribution in [0.15, 0.2) is 36.4 Å². The van der Waals surface area contributed by atoms with Gasteiger partial charge in [0.1, 0.15) is 12.4 Å². The van der Waals surface area contributed by atoms with E-state index < -0.39 is 0 Å². The Morgan fingerprint density at radius 1 is 1.05 bits per heavy atom. The fraction of sp³-hybridized carbons (Fsp3) is 0.250. The van der Waals surface area contributed by atoms with Gasteiger partial charge < -0.3 is 4.74 Å². The maximum absolute atomic E-state index is 6.09. The van der Waals surface area contributed by atoms with Crippen molar-refractivity contribution in [3.05, 3.63) is 63.7 Å². The summed E-state index contributed by atoms with van der Waals surface area (Å²) in [4.78, 5) is 0. The summed E-state index contributed by atoms with van der Waals surface area (Å²) in [5.41, 5.74) is 4.54. The molecule has 0 fully saturated rings. The maximum Gasteiger partial charge on any atom is 0.125 e. The molecule has 2 aromatic carbocycles. The van der Waals surface area contributed by atoms with Crippen molar-refractivity contribution in [2.24, 2.45) is 0 Å². The minimum atomic E-state index is 0.349. The third kappa shape index (κ3) is 3.43. The van der Waals surface area contributed by atoms with Crippen molar-refractivity contribution >= 4 is 23.2 Å². The van der Waals surface area contributed by atoms with Gasteiger partial charge in [0.15, 0.2) is 0 Å². The van der Waals surface area contributed by atoms with Crippen LogP contribution in [0, 0.1) is 13.8 Å². The summed E-state index contributed by atoms with van der Waals surface area (Å²) in [6.45, 7) is 4.72. The Morgan fingerprint density at radius 3 is 2.53 bits per heavy atom. The number of benzene rings is 2. The Hall–Kier alpha value is -1.18. The van der Waals surface area contributed by atoms with Crippen LogP contribution in [0.1, 0.15) is 22.3 Å². The molecule has 0 N–H and O–H groups in total. The van der Waals surface area contributed by atoms with Gasteiger partial charge in [0.25, 0.3) is 0 Å². The molecular formula is C16H16Cl2O. The number of hydrogen-bond donors (Lipinski definition) is 0. The van der Waals surface area contributed by atoms with Crippen molar-refractivity contribution in [2.45, 2.75) is 26.3 Å². The van der Waals surface area contributed by atoms with E-state index in [2.05, 4.69) is 32.0 Å². The van der Waals surface area contributed by atoms with Crippen molar-refractivity contribution < 1.29 is 4.74 Å². The van der Waals surface area contributed by atoms with Gasteiger partial charge in [0.05, 0.1) is 5.88 Å². The minimum Gasteiger partial charge on any atom is -0.489 e. The van der Waals surface area contributed by atoms with Gasteiger partial charge in [0.2, 0.25) is 0 Å². The largest absolute Gasteiger partial charge is 0.489 e. The van der Waals surface area contributed by atoms with Crippen LogP contribution in [0.5, 0.6) is 5.75 Å². The Labute approximate surface area is 124 Å². The molecule has 0 heterocycles. The van der Waals surface area contributed by atoms with E-state index in [9.17, 15) is 0 Å². The van der Waals surface area contributed by atoms with Crippen LogP contribution in [-0.2, 0) is 12.5 Å². The predicted molar refractivity (Wildman–Crippen MR) is 81.3 cm³/mol. The molecule has 2 rings (SSSR count). The molecule has 2 aromatic rings. The molecule has 0 aliphatic rings. The highest BCUT2D eigenvalue weighted by atomic mass is 35.5. The number of halogens is 2. The normalized spacial score (nSPS) is 10.5. The summed E-state index contributed by atoms with van der Waals surface area (Å²) in [5, 5.41) is 0.646. The van der Waals surface area contributed by atoms with Gasteiger partial charge in [-0.3, -0.25) is 0 Å². The van der Waals surface area contributed by atoms with E-state index in [1.807, 2.05) is 18.2 Å². The number of alkyl halides is 1. The number of rotatable bonds is 4. The molecule has 0 saturated heterocycles. The van der Waals surface area contributed by atoms with Gasteiger partial charge >= 0.3 is 0 Å². The zero-order valence-electron chi connectivity index (χ0n) is 11.0. The predicted octanol–water partition coefficient (Wildman–Crippen LogP) is 5.27. The van der Waals surface area contributed by atoms with Crippen molar-refractivity contribution in [3.63, 3.8) is 0 Å². The number of ether oxygens (including phenoxy) is 1. The summed E-state index contributed by atoms with van der Waals surface area (Å²) >= 11 is 12.0. The van der Waals surface area contributed by atoms with Gasteiger partial charge in [-0.2, -0.15) is 0 Å². The van der Waals surface area contributed by atoms with Gasteiger partial charge in [-0.25, -0.2) is 0 Å². The number of hydrogen-bond acceptors (Lipinski definition) is 1. The van der Waals surface area contributed by atoms with Crippen LogP contribution in [0.3, 0.4) is 0 Å². The molecule has 0 bridgehead atoms. The van der Waals surface area contributed by atoms with E-state index in [4.69, 9.17) is 27.9 Å². The van der Waals surface area contributed by atoms with Crippen LogP contribution >= 0.6 is 23.2 Å². The van der Waals surface area contributed by atoms with Crippen LogP contribution < -0.4 is 4.74 Å². The van der Waals surface area contributed by atoms with Gasteiger partial charge in [-0.15, -0.1) is 11.6 Å². The van der Waals surface area contributed by atoms with Crippen molar-refractivity contribution in [1.29, 1.82) is 0 Å². The average molecular weight is 295 g/mol. The monoisotopic (exact) mass is 294 g/mol. The van der Waals surface area contributed by atoms with E-state index in [0.717, 1.165) is 16.9 Å². The van der Waals surface area contributed by atoms with Crippen LogP contribution in [0.4, 0.5) is 0 Å². The van der Waals surface area contributed by atoms with Crippen LogP contribution in [-0.4, -0.2) is 0 Å². The van der Waals surface area contributed by atoms with E-state index in [0.29, 0.717) is 17.5 Å². The van der Waals surface area contributed by atoms with Gasteiger partial charge in [0, 0.05) is 10.6 Å². The van der Waals surface area contributed by atoms with E-state index in [1.54, 1.807) is 0 Å². The van der Waals surface area contributed by atoms with Crippen molar-refractivity contribution in [1.82, 2.24) is 0 Å². The summed E-state index contributed by atoms with van der Waals surface area (Å²) in [7, 11) is 0. The SMILES string of the molecule is Cc1ccc(COc2cccc(Cl)c2CCl)cc1C. The molecule has 1 nitrogen and oxygen atoms in total. The van der Waals surface area contributed by atoms with E-state index in [-0.39, 0.29) is 0 Å². The summed E-state index contributed by atoms with van der Waals surface area (Å²) in [6.07, 6.45) is 0. The standard InChI is InChI=1S/C16H16Cl2O/c1-11-6-7-13(8-12(11)2)10-19-16-5-3-4-15(18)14(16)9-17/h3-8H,9-10H2,1-2H3. The molecule has 0 saturated carbocycles. The second-order valence-corrected chi connectivity index (χ2v) is 5.23. The molecule has 0 spiro atoms. The lowest BCUT2D eigenvalue weighted by molar-refractivity contribution is 0.304. The highest BCUT2D eigenvalue weighted by Crippen LogP contribution is 2.28. The maximum atomic E-state index is 6.09. The highest BCUT2D eigenvalue weighted by Gasteiger charge is 2.07. The quantitative estimate of drug-likeness (QED) is 0.698. The van der Waals surface area contributed by atoms with Gasteiger partial charge in [-0.1, -0.05) is 35.9 Å². The molecule has 0 atom stereocenters. The smallest absolute Gasteiger partial charge is 0.125 e. The highest BCUT2D eigenvalue weighted by molar-refractivity contribution is 6.32. The van der Waals surface area contributed by atoms with E-state index >= 15 is 0 Å². The summed E-state index contributed by atoms with van der Waals surface area (Å²) in [5.74, 6) is 1.10. The number of aryl methyl sites for hydroxylation is 2. The molecule has 3 heteroatoms.